The van der Waals surface area contributed by atoms with Crippen LogP contribution in [0.1, 0.15) is 24.8 Å². The maximum atomic E-state index is 11.8. The summed E-state index contributed by atoms with van der Waals surface area (Å²) in [7, 11) is 0. The van der Waals surface area contributed by atoms with Crippen LogP contribution in [0.5, 0.6) is 0 Å². The van der Waals surface area contributed by atoms with Gasteiger partial charge >= 0.3 is 6.03 Å². The van der Waals surface area contributed by atoms with E-state index >= 15 is 0 Å². The molecule has 102 valence electrons. The third-order valence-corrected chi connectivity index (χ3v) is 3.83. The molecule has 2 rings (SSSR count). The van der Waals surface area contributed by atoms with Crippen LogP contribution in [-0.2, 0) is 0 Å². The number of carbonyl (C=O) groups is 1. The van der Waals surface area contributed by atoms with Gasteiger partial charge < -0.3 is 5.32 Å². The second-order valence-corrected chi connectivity index (χ2v) is 5.70. The van der Waals surface area contributed by atoms with Crippen molar-refractivity contribution >= 4 is 22.4 Å². The zero-order chi connectivity index (χ0) is 13.8. The Kier molecular flexibility index (Phi) is 4.16. The van der Waals surface area contributed by atoms with Crippen molar-refractivity contribution < 1.29 is 4.79 Å². The highest BCUT2D eigenvalue weighted by molar-refractivity contribution is 7.16. The lowest BCUT2D eigenvalue weighted by Gasteiger charge is -2.21. The van der Waals surface area contributed by atoms with Crippen LogP contribution in [0.15, 0.2) is 24.8 Å². The van der Waals surface area contributed by atoms with Crippen LogP contribution >= 0.6 is 11.3 Å². The Bertz CT molecular complexity index is 536. The van der Waals surface area contributed by atoms with E-state index in [9.17, 15) is 4.79 Å². The Morgan fingerprint density at radius 3 is 2.79 bits per heavy atom. The summed E-state index contributed by atoms with van der Waals surface area (Å²) in [5, 5.41) is 10.6. The Hall–Kier alpha value is -1.89. The van der Waals surface area contributed by atoms with Crippen molar-refractivity contribution in [2.75, 3.05) is 5.32 Å². The number of carbonyl (C=O) groups excluding carboxylic acids is 1. The van der Waals surface area contributed by atoms with Gasteiger partial charge in [-0.15, -0.1) is 11.3 Å². The molecule has 2 aromatic heterocycles. The molecule has 6 nitrogen and oxygen atoms in total. The standard InChI is InChI=1S/C12H17N5OS/c1-8-4-5-11(19-8)16-12(18)15-9(2)10(3)17-7-13-6-14-17/h4-7,9-10H,1-3H3,(H2,15,16,18)/t9-,10-/m1/s1. The minimum Gasteiger partial charge on any atom is -0.333 e. The highest BCUT2D eigenvalue weighted by Crippen LogP contribution is 2.20. The number of aromatic nitrogens is 3. The van der Waals surface area contributed by atoms with Crippen LogP contribution < -0.4 is 10.6 Å². The number of nitrogens with one attached hydrogen (secondary N) is 2. The zero-order valence-corrected chi connectivity index (χ0v) is 11.9. The normalized spacial score (nSPS) is 13.8. The van der Waals surface area contributed by atoms with Crippen molar-refractivity contribution in [3.05, 3.63) is 29.7 Å². The summed E-state index contributed by atoms with van der Waals surface area (Å²) in [6.45, 7) is 5.92. The number of hydrogen-bond acceptors (Lipinski definition) is 4. The molecule has 19 heavy (non-hydrogen) atoms. The molecular weight excluding hydrogens is 262 g/mol. The number of rotatable bonds is 4. The number of thiophene rings is 1. The number of anilines is 1. The number of aryl methyl sites for hydroxylation is 1. The van der Waals surface area contributed by atoms with Crippen molar-refractivity contribution in [1.82, 2.24) is 20.1 Å². The minimum absolute atomic E-state index is 0.0401. The molecule has 7 heteroatoms. The topological polar surface area (TPSA) is 71.8 Å². The van der Waals surface area contributed by atoms with Crippen molar-refractivity contribution in [2.24, 2.45) is 0 Å². The summed E-state index contributed by atoms with van der Waals surface area (Å²) in [6, 6.07) is 3.65. The van der Waals surface area contributed by atoms with Crippen molar-refractivity contribution in [3.63, 3.8) is 0 Å². The zero-order valence-electron chi connectivity index (χ0n) is 11.1. The van der Waals surface area contributed by atoms with Gasteiger partial charge in [0.05, 0.1) is 11.0 Å². The highest BCUT2D eigenvalue weighted by Gasteiger charge is 2.17. The van der Waals surface area contributed by atoms with Gasteiger partial charge in [0.1, 0.15) is 12.7 Å². The third-order valence-electron chi connectivity index (χ3n) is 2.91. The minimum atomic E-state index is -0.207. The fourth-order valence-electron chi connectivity index (χ4n) is 1.63. The first-order chi connectivity index (χ1) is 9.06. The number of amides is 2. The quantitative estimate of drug-likeness (QED) is 0.902. The molecule has 2 N–H and O–H groups in total. The van der Waals surface area contributed by atoms with E-state index in [0.29, 0.717) is 0 Å². The summed E-state index contributed by atoms with van der Waals surface area (Å²) >= 11 is 1.55. The molecule has 0 fully saturated rings. The van der Waals surface area contributed by atoms with Gasteiger partial charge in [0.25, 0.3) is 0 Å². The SMILES string of the molecule is Cc1ccc(NC(=O)N[C@H](C)[C@@H](C)n2cncn2)s1. The largest absolute Gasteiger partial charge is 0.333 e. The van der Waals surface area contributed by atoms with Gasteiger partial charge in [-0.25, -0.2) is 14.5 Å². The highest BCUT2D eigenvalue weighted by atomic mass is 32.1. The Balaban J connectivity index is 1.88. The van der Waals surface area contributed by atoms with E-state index in [4.69, 9.17) is 0 Å². The van der Waals surface area contributed by atoms with Crippen LogP contribution in [-0.4, -0.2) is 26.8 Å². The van der Waals surface area contributed by atoms with E-state index in [0.717, 1.165) is 5.00 Å². The molecule has 2 atom stereocenters. The van der Waals surface area contributed by atoms with Gasteiger partial charge in [-0.05, 0) is 32.9 Å². The summed E-state index contributed by atoms with van der Waals surface area (Å²) in [4.78, 5) is 16.9. The van der Waals surface area contributed by atoms with Crippen LogP contribution in [0.25, 0.3) is 0 Å². The monoisotopic (exact) mass is 279 g/mol. The lowest BCUT2D eigenvalue weighted by molar-refractivity contribution is 0.244. The number of hydrogen-bond donors (Lipinski definition) is 2. The molecule has 0 bridgehead atoms. The van der Waals surface area contributed by atoms with Crippen LogP contribution in [0.2, 0.25) is 0 Å². The fraction of sp³-hybridized carbons (Fsp3) is 0.417. The predicted octanol–water partition coefficient (Wildman–Crippen LogP) is 2.42. The van der Waals surface area contributed by atoms with Gasteiger partial charge in [-0.1, -0.05) is 0 Å². The second kappa shape index (κ2) is 5.83. The molecule has 0 aliphatic carbocycles. The Labute approximate surface area is 115 Å². The van der Waals surface area contributed by atoms with Gasteiger partial charge in [-0.3, -0.25) is 5.32 Å². The van der Waals surface area contributed by atoms with Gasteiger partial charge in [0.15, 0.2) is 0 Å². The maximum Gasteiger partial charge on any atom is 0.320 e. The first kappa shape index (κ1) is 13.5. The maximum absolute atomic E-state index is 11.8. The molecule has 0 radical (unpaired) electrons. The molecule has 0 spiro atoms. The first-order valence-corrected chi connectivity index (χ1v) is 6.86. The van der Waals surface area contributed by atoms with Crippen LogP contribution in [0, 0.1) is 6.92 Å². The fourth-order valence-corrected chi connectivity index (χ4v) is 2.40. The molecule has 0 aliphatic heterocycles. The average molecular weight is 279 g/mol. The van der Waals surface area contributed by atoms with E-state index < -0.39 is 0 Å². The van der Waals surface area contributed by atoms with E-state index in [2.05, 4.69) is 20.7 Å². The molecule has 2 aromatic rings. The molecule has 2 amide bonds. The van der Waals surface area contributed by atoms with E-state index in [-0.39, 0.29) is 18.1 Å². The predicted molar refractivity (Wildman–Crippen MR) is 75.4 cm³/mol. The number of urea groups is 1. The summed E-state index contributed by atoms with van der Waals surface area (Å²) in [6.07, 6.45) is 3.13. The first-order valence-electron chi connectivity index (χ1n) is 6.04. The molecule has 0 saturated carbocycles. The molecule has 0 aliphatic rings. The molecule has 0 aromatic carbocycles. The van der Waals surface area contributed by atoms with E-state index in [1.54, 1.807) is 22.3 Å². The summed E-state index contributed by atoms with van der Waals surface area (Å²) in [5.41, 5.74) is 0. The summed E-state index contributed by atoms with van der Waals surface area (Å²) < 4.78 is 1.72. The van der Waals surface area contributed by atoms with Crippen molar-refractivity contribution in [3.8, 4) is 0 Å². The Morgan fingerprint density at radius 1 is 1.42 bits per heavy atom. The number of nitrogens with zero attached hydrogens (tertiary/aromatic N) is 3. The van der Waals surface area contributed by atoms with E-state index in [1.807, 2.05) is 32.9 Å². The van der Waals surface area contributed by atoms with Crippen LogP contribution in [0.4, 0.5) is 9.80 Å². The van der Waals surface area contributed by atoms with Crippen molar-refractivity contribution in [1.29, 1.82) is 0 Å². The van der Waals surface area contributed by atoms with Gasteiger partial charge in [-0.2, -0.15) is 5.10 Å². The average Bonchev–Trinajstić information content (AvgIpc) is 2.99. The molecule has 0 saturated heterocycles. The lowest BCUT2D eigenvalue weighted by Crippen LogP contribution is -2.40. The Morgan fingerprint density at radius 2 is 2.21 bits per heavy atom. The molecular formula is C12H17N5OS. The van der Waals surface area contributed by atoms with Crippen LogP contribution in [0.3, 0.4) is 0 Å². The smallest absolute Gasteiger partial charge is 0.320 e. The lowest BCUT2D eigenvalue weighted by atomic mass is 10.2. The third kappa shape index (κ3) is 3.54. The van der Waals surface area contributed by atoms with E-state index in [1.165, 1.54) is 11.2 Å². The second-order valence-electron chi connectivity index (χ2n) is 4.41. The summed E-state index contributed by atoms with van der Waals surface area (Å²) in [5.74, 6) is 0. The van der Waals surface area contributed by atoms with Gasteiger partial charge in [0.2, 0.25) is 0 Å². The van der Waals surface area contributed by atoms with Crippen molar-refractivity contribution in [2.45, 2.75) is 32.9 Å². The molecule has 0 unspecified atom stereocenters. The molecule has 2 heterocycles. The van der Waals surface area contributed by atoms with Gasteiger partial charge in [0, 0.05) is 10.9 Å².